The second kappa shape index (κ2) is 6.44. The summed E-state index contributed by atoms with van der Waals surface area (Å²) < 4.78 is 10.2. The second-order valence-corrected chi connectivity index (χ2v) is 6.36. The summed E-state index contributed by atoms with van der Waals surface area (Å²) in [7, 11) is 0. The van der Waals surface area contributed by atoms with Gasteiger partial charge in [0.05, 0.1) is 13.2 Å². The number of fused-ring (bicyclic) bond motifs is 1. The van der Waals surface area contributed by atoms with E-state index in [1.165, 1.54) is 11.1 Å². The van der Waals surface area contributed by atoms with Gasteiger partial charge in [-0.05, 0) is 27.7 Å². The van der Waals surface area contributed by atoms with Crippen molar-refractivity contribution in [3.63, 3.8) is 0 Å². The number of ether oxygens (including phenoxy) is 2. The zero-order chi connectivity index (χ0) is 17.2. The number of esters is 1. The predicted octanol–water partition coefficient (Wildman–Crippen LogP) is 1.84. The molecule has 1 aromatic heterocycles. The molecule has 2 heterocycles. The number of H-pyrrole nitrogens is 1. The lowest BCUT2D eigenvalue weighted by Gasteiger charge is -2.30. The number of aromatic nitrogens is 1. The van der Waals surface area contributed by atoms with Crippen molar-refractivity contribution >= 4 is 12.1 Å². The first-order chi connectivity index (χ1) is 10.7. The average Bonchev–Trinajstić information content (AvgIpc) is 2.45. The van der Waals surface area contributed by atoms with Crippen molar-refractivity contribution in [3.05, 3.63) is 33.2 Å². The Hall–Kier alpha value is -2.31. The summed E-state index contributed by atoms with van der Waals surface area (Å²) in [5.74, 6) is -0.661. The minimum Gasteiger partial charge on any atom is -0.462 e. The van der Waals surface area contributed by atoms with Gasteiger partial charge < -0.3 is 19.4 Å². The molecule has 0 saturated carbocycles. The maximum atomic E-state index is 12.5. The van der Waals surface area contributed by atoms with Crippen molar-refractivity contribution in [3.8, 4) is 0 Å². The van der Waals surface area contributed by atoms with E-state index in [-0.39, 0.29) is 18.7 Å². The Labute approximate surface area is 134 Å². The van der Waals surface area contributed by atoms with Crippen LogP contribution in [0.4, 0.5) is 4.79 Å². The van der Waals surface area contributed by atoms with Crippen LogP contribution in [0, 0.1) is 0 Å². The molecule has 0 bridgehead atoms. The van der Waals surface area contributed by atoms with Gasteiger partial charge in [-0.3, -0.25) is 4.79 Å². The number of nitrogens with zero attached hydrogens (tertiary/aromatic N) is 1. The number of carbonyl (C=O) groups excluding carboxylic acids is 2. The molecule has 126 valence electrons. The minimum atomic E-state index is -0.661. The van der Waals surface area contributed by atoms with Gasteiger partial charge in [-0.15, -0.1) is 0 Å². The molecule has 0 fully saturated rings. The van der Waals surface area contributed by atoms with Crippen LogP contribution in [0.25, 0.3) is 0 Å². The van der Waals surface area contributed by atoms with Crippen LogP contribution >= 0.6 is 0 Å². The number of rotatable bonds is 2. The molecule has 1 amide bonds. The van der Waals surface area contributed by atoms with Crippen molar-refractivity contribution in [1.29, 1.82) is 0 Å². The van der Waals surface area contributed by atoms with Crippen LogP contribution in [-0.2, 0) is 22.4 Å². The molecule has 1 aromatic rings. The molecule has 23 heavy (non-hydrogen) atoms. The third kappa shape index (κ3) is 3.91. The summed E-state index contributed by atoms with van der Waals surface area (Å²) in [5, 5.41) is 0. The number of aromatic amines is 1. The van der Waals surface area contributed by atoms with Gasteiger partial charge in [-0.2, -0.15) is 0 Å². The quantitative estimate of drug-likeness (QED) is 0.839. The molecular weight excluding hydrogens is 300 g/mol. The van der Waals surface area contributed by atoms with Gasteiger partial charge in [0.1, 0.15) is 11.2 Å². The third-order valence-corrected chi connectivity index (χ3v) is 3.40. The van der Waals surface area contributed by atoms with Crippen LogP contribution in [0.2, 0.25) is 0 Å². The van der Waals surface area contributed by atoms with E-state index < -0.39 is 23.1 Å². The number of hydrogen-bond acceptors (Lipinski definition) is 5. The van der Waals surface area contributed by atoms with E-state index in [1.807, 2.05) is 0 Å². The summed E-state index contributed by atoms with van der Waals surface area (Å²) in [6.07, 6.45) is 1.42. The first kappa shape index (κ1) is 17.1. The maximum Gasteiger partial charge on any atom is 0.410 e. The highest BCUT2D eigenvalue weighted by Crippen LogP contribution is 2.18. The highest BCUT2D eigenvalue weighted by molar-refractivity contribution is 5.89. The molecule has 0 unspecified atom stereocenters. The summed E-state index contributed by atoms with van der Waals surface area (Å²) in [6.45, 7) is 7.80. The Morgan fingerprint density at radius 3 is 2.65 bits per heavy atom. The second-order valence-electron chi connectivity index (χ2n) is 6.36. The molecule has 0 atom stereocenters. The summed E-state index contributed by atoms with van der Waals surface area (Å²) in [6, 6.07) is 0. The van der Waals surface area contributed by atoms with E-state index in [2.05, 4.69) is 4.98 Å². The monoisotopic (exact) mass is 322 g/mol. The Balaban J connectivity index is 2.25. The van der Waals surface area contributed by atoms with Crippen molar-refractivity contribution in [2.24, 2.45) is 0 Å². The Morgan fingerprint density at radius 1 is 1.35 bits per heavy atom. The van der Waals surface area contributed by atoms with Gasteiger partial charge in [-0.1, -0.05) is 0 Å². The number of amides is 1. The van der Waals surface area contributed by atoms with Gasteiger partial charge in [0.15, 0.2) is 0 Å². The molecule has 1 aliphatic heterocycles. The third-order valence-electron chi connectivity index (χ3n) is 3.40. The lowest BCUT2D eigenvalue weighted by molar-refractivity contribution is 0.0222. The summed E-state index contributed by atoms with van der Waals surface area (Å²) in [4.78, 5) is 40.9. The van der Waals surface area contributed by atoms with Crippen LogP contribution in [0.5, 0.6) is 0 Å². The van der Waals surface area contributed by atoms with Crippen molar-refractivity contribution in [2.45, 2.75) is 46.3 Å². The van der Waals surface area contributed by atoms with Crippen LogP contribution in [0.15, 0.2) is 11.0 Å². The van der Waals surface area contributed by atoms with Crippen molar-refractivity contribution in [2.75, 3.05) is 13.2 Å². The highest BCUT2D eigenvalue weighted by Gasteiger charge is 2.28. The molecule has 0 spiro atoms. The molecule has 0 aliphatic carbocycles. The number of pyridine rings is 1. The van der Waals surface area contributed by atoms with Gasteiger partial charge in [0, 0.05) is 30.4 Å². The Kier molecular flexibility index (Phi) is 4.77. The van der Waals surface area contributed by atoms with E-state index in [9.17, 15) is 14.4 Å². The van der Waals surface area contributed by atoms with Crippen LogP contribution < -0.4 is 5.43 Å². The largest absolute Gasteiger partial charge is 0.462 e. The van der Waals surface area contributed by atoms with Crippen LogP contribution in [0.1, 0.15) is 49.3 Å². The smallest absolute Gasteiger partial charge is 0.410 e. The fraction of sp³-hybridized carbons (Fsp3) is 0.562. The minimum absolute atomic E-state index is 0.0448. The molecule has 0 radical (unpaired) electrons. The number of hydrogen-bond donors (Lipinski definition) is 1. The van der Waals surface area contributed by atoms with Gasteiger partial charge in [0.2, 0.25) is 5.43 Å². The molecule has 1 N–H and O–H groups in total. The first-order valence-corrected chi connectivity index (χ1v) is 7.61. The van der Waals surface area contributed by atoms with Crippen LogP contribution in [-0.4, -0.2) is 40.7 Å². The molecule has 0 aromatic carbocycles. The van der Waals surface area contributed by atoms with E-state index >= 15 is 0 Å². The van der Waals surface area contributed by atoms with E-state index in [4.69, 9.17) is 9.47 Å². The Bertz CT molecular complexity index is 672. The first-order valence-electron chi connectivity index (χ1n) is 7.61. The fourth-order valence-corrected chi connectivity index (χ4v) is 2.36. The highest BCUT2D eigenvalue weighted by atomic mass is 16.6. The normalized spacial score (nSPS) is 14.2. The van der Waals surface area contributed by atoms with Gasteiger partial charge in [0.25, 0.3) is 0 Å². The lowest BCUT2D eigenvalue weighted by atomic mass is 10.0. The molecule has 2 rings (SSSR count). The summed E-state index contributed by atoms with van der Waals surface area (Å²) in [5.41, 5.74) is 0.105. The Morgan fingerprint density at radius 2 is 2.04 bits per heavy atom. The maximum absolute atomic E-state index is 12.5. The van der Waals surface area contributed by atoms with Gasteiger partial charge in [-0.25, -0.2) is 9.59 Å². The van der Waals surface area contributed by atoms with Gasteiger partial charge >= 0.3 is 12.1 Å². The topological polar surface area (TPSA) is 88.7 Å². The number of nitrogens with one attached hydrogen (secondary N) is 1. The molecular formula is C16H22N2O5. The zero-order valence-electron chi connectivity index (χ0n) is 13.9. The van der Waals surface area contributed by atoms with E-state index in [0.29, 0.717) is 18.5 Å². The summed E-state index contributed by atoms with van der Waals surface area (Å²) >= 11 is 0. The molecule has 0 saturated heterocycles. The van der Waals surface area contributed by atoms with E-state index in [1.54, 1.807) is 27.7 Å². The standard InChI is InChI=1S/C16H22N2O5/c1-5-22-14(20)10-8-17-12-6-7-18(9-11(12)13(10)19)15(21)23-16(2,3)4/h8H,5-7,9H2,1-4H3,(H,17,19). The predicted molar refractivity (Wildman–Crippen MR) is 83.4 cm³/mol. The van der Waals surface area contributed by atoms with Crippen LogP contribution in [0.3, 0.4) is 0 Å². The molecule has 7 heteroatoms. The lowest BCUT2D eigenvalue weighted by Crippen LogP contribution is -2.42. The van der Waals surface area contributed by atoms with E-state index in [0.717, 1.165) is 5.69 Å². The zero-order valence-corrected chi connectivity index (χ0v) is 13.9. The molecule has 1 aliphatic rings. The van der Waals surface area contributed by atoms with Crippen molar-refractivity contribution in [1.82, 2.24) is 9.88 Å². The van der Waals surface area contributed by atoms with Crippen molar-refractivity contribution < 1.29 is 19.1 Å². The SMILES string of the molecule is CCOC(=O)c1c[nH]c2c(c1=O)CN(C(=O)OC(C)(C)C)CC2. The fourth-order valence-electron chi connectivity index (χ4n) is 2.36. The number of carbonyl (C=O) groups is 2. The molecule has 7 nitrogen and oxygen atoms in total. The average molecular weight is 322 g/mol.